The van der Waals surface area contributed by atoms with Gasteiger partial charge < -0.3 is 45.0 Å². The first kappa shape index (κ1) is 73.5. The number of hydrogen-bond acceptors (Lipinski definition) is 9. The minimum atomic E-state index is -0.492. The summed E-state index contributed by atoms with van der Waals surface area (Å²) in [5.41, 5.74) is 6.33. The Morgan fingerprint density at radius 3 is 1.28 bits per heavy atom. The summed E-state index contributed by atoms with van der Waals surface area (Å²) >= 11 is 3.36. The van der Waals surface area contributed by atoms with Gasteiger partial charge in [-0.2, -0.15) is 0 Å². The smallest absolute Gasteiger partial charge is 0.407 e. The number of nitrogens with zero attached hydrogens (tertiary/aromatic N) is 1. The van der Waals surface area contributed by atoms with Crippen molar-refractivity contribution >= 4 is 40.5 Å². The number of nitrogens with two attached hydrogens (primary N) is 1. The lowest BCUT2D eigenvalue weighted by Gasteiger charge is -2.19. The molecule has 3 rings (SSSR count). The molecule has 0 aromatic heterocycles. The second-order valence-electron chi connectivity index (χ2n) is 18.9. The van der Waals surface area contributed by atoms with Gasteiger partial charge >= 0.3 is 12.2 Å². The van der Waals surface area contributed by atoms with Crippen LogP contribution in [0.1, 0.15) is 142 Å². The maximum atomic E-state index is 11.5. The average Bonchev–Trinajstić information content (AvgIpc) is 3.26. The summed E-state index contributed by atoms with van der Waals surface area (Å²) in [6, 6.07) is 23.0. The maximum absolute atomic E-state index is 11.5. The van der Waals surface area contributed by atoms with E-state index in [2.05, 4.69) is 123 Å². The SMILES string of the molecule is C.C#CCC(C)C.CC(C)(C)OC(=O)NCCOc1cccc(Br)c1.CC(C)CC#Cc1cccc(OCCN)c1.CC(C)CC#Cc1cccc(OCCNC(=O)OC(C)(C)C)c1.CCN(CC)CC.Cl. The van der Waals surface area contributed by atoms with Gasteiger partial charge in [-0.15, -0.1) is 24.8 Å². The predicted octanol–water partition coefficient (Wildman–Crippen LogP) is 13.8. The van der Waals surface area contributed by atoms with Gasteiger partial charge in [0.05, 0.1) is 13.1 Å². The predicted molar refractivity (Wildman–Crippen MR) is 309 cm³/mol. The molecule has 0 radical (unpaired) electrons. The van der Waals surface area contributed by atoms with Crippen molar-refractivity contribution in [1.29, 1.82) is 0 Å². The summed E-state index contributed by atoms with van der Waals surface area (Å²) in [4.78, 5) is 25.2. The van der Waals surface area contributed by atoms with Crippen LogP contribution in [-0.2, 0) is 9.47 Å². The summed E-state index contributed by atoms with van der Waals surface area (Å²) in [7, 11) is 0. The van der Waals surface area contributed by atoms with E-state index in [9.17, 15) is 9.59 Å². The van der Waals surface area contributed by atoms with Crippen molar-refractivity contribution in [3.63, 3.8) is 0 Å². The number of amides is 2. The van der Waals surface area contributed by atoms with Gasteiger partial charge in [-0.3, -0.25) is 0 Å². The number of benzene rings is 3. The summed E-state index contributed by atoms with van der Waals surface area (Å²) in [6.07, 6.45) is 6.82. The first-order chi connectivity index (χ1) is 33.0. The number of terminal acetylenes is 1. The van der Waals surface area contributed by atoms with Gasteiger partial charge in [0.2, 0.25) is 0 Å². The lowest BCUT2D eigenvalue weighted by Crippen LogP contribution is -2.34. The third-order valence-electron chi connectivity index (χ3n) is 8.28. The molecule has 0 atom stereocenters. The first-order valence-corrected chi connectivity index (χ1v) is 25.4. The molecule has 13 heteroatoms. The van der Waals surface area contributed by atoms with Crippen LogP contribution >= 0.6 is 28.3 Å². The molecule has 0 spiro atoms. The highest BCUT2D eigenvalue weighted by Gasteiger charge is 2.16. The Kier molecular flexibility index (Phi) is 45.6. The molecule has 72 heavy (non-hydrogen) atoms. The van der Waals surface area contributed by atoms with Gasteiger partial charge in [0.15, 0.2) is 0 Å². The van der Waals surface area contributed by atoms with E-state index in [-0.39, 0.29) is 19.8 Å². The Morgan fingerprint density at radius 2 is 0.986 bits per heavy atom. The Balaban J connectivity index is -0.000000427. The molecule has 0 saturated carbocycles. The third kappa shape index (κ3) is 48.6. The van der Waals surface area contributed by atoms with Crippen molar-refractivity contribution in [2.75, 3.05) is 59.1 Å². The van der Waals surface area contributed by atoms with Crippen molar-refractivity contribution in [2.45, 2.75) is 142 Å². The Hall–Kier alpha value is -5.03. The van der Waals surface area contributed by atoms with Crippen LogP contribution < -0.4 is 30.6 Å². The van der Waals surface area contributed by atoms with Crippen molar-refractivity contribution < 1.29 is 33.3 Å². The van der Waals surface area contributed by atoms with Crippen molar-refractivity contribution in [1.82, 2.24) is 15.5 Å². The Labute approximate surface area is 453 Å². The van der Waals surface area contributed by atoms with Crippen molar-refractivity contribution in [3.8, 4) is 53.3 Å². The summed E-state index contributed by atoms with van der Waals surface area (Å²) in [6.45, 7) is 36.6. The molecule has 0 bridgehead atoms. The van der Waals surface area contributed by atoms with E-state index < -0.39 is 23.4 Å². The fraction of sp³-hybridized carbons (Fsp3) is 0.559. The fourth-order valence-corrected chi connectivity index (χ4v) is 5.33. The van der Waals surface area contributed by atoms with Gasteiger partial charge in [0.1, 0.15) is 48.3 Å². The zero-order valence-electron chi connectivity index (χ0n) is 45.9. The summed E-state index contributed by atoms with van der Waals surface area (Å²) in [5.74, 6) is 19.3. The average molecular weight is 1090 g/mol. The number of nitrogens with one attached hydrogen (secondary N) is 2. The number of carbonyl (C=O) groups excluding carboxylic acids is 2. The molecule has 0 saturated heterocycles. The molecule has 4 N–H and O–H groups in total. The number of alkyl carbamates (subject to hydrolysis) is 2. The maximum Gasteiger partial charge on any atom is 0.407 e. The first-order valence-electron chi connectivity index (χ1n) is 24.6. The van der Waals surface area contributed by atoms with Gasteiger partial charge in [-0.05, 0) is 134 Å². The number of hydrogen-bond donors (Lipinski definition) is 3. The fourth-order valence-electron chi connectivity index (χ4n) is 4.95. The van der Waals surface area contributed by atoms with Gasteiger partial charge in [-0.1, -0.05) is 128 Å². The molecule has 0 unspecified atom stereocenters. The third-order valence-corrected chi connectivity index (χ3v) is 8.78. The monoisotopic (exact) mass is 1080 g/mol. The molecule has 11 nitrogen and oxygen atoms in total. The zero-order valence-corrected chi connectivity index (χ0v) is 48.3. The molecular formula is C59H94BrClN4O7. The molecule has 0 aliphatic heterocycles. The Morgan fingerprint density at radius 1 is 0.625 bits per heavy atom. The minimum Gasteiger partial charge on any atom is -0.492 e. The second kappa shape index (κ2) is 44.7. The normalized spacial score (nSPS) is 10.0. The van der Waals surface area contributed by atoms with E-state index in [1.807, 2.05) is 114 Å². The van der Waals surface area contributed by atoms with Crippen LogP contribution in [0.2, 0.25) is 0 Å². The topological polar surface area (TPSA) is 134 Å². The molecule has 0 fully saturated rings. The van der Waals surface area contributed by atoms with Gasteiger partial charge in [-0.25, -0.2) is 9.59 Å². The molecule has 2 amide bonds. The van der Waals surface area contributed by atoms with E-state index in [4.69, 9.17) is 35.8 Å². The van der Waals surface area contributed by atoms with Crippen LogP contribution in [0.4, 0.5) is 9.59 Å². The van der Waals surface area contributed by atoms with Crippen LogP contribution in [0.5, 0.6) is 17.2 Å². The lowest BCUT2D eigenvalue weighted by molar-refractivity contribution is 0.0509. The van der Waals surface area contributed by atoms with Crippen LogP contribution in [0.3, 0.4) is 0 Å². The molecule has 0 heterocycles. The minimum absolute atomic E-state index is 0. The molecule has 3 aromatic carbocycles. The standard InChI is InChI=1S/C19H27NO3.C14H19NO.C13H18BrNO3.C6H15N.C6H10.CH4.ClH/c1-15(2)8-6-9-16-10-7-11-17(14-16)22-13-12-20-18(21)23-19(3,4)5;1-12(2)5-3-6-13-7-4-8-14(11-13)16-10-9-15;1-13(2,3)18-12(16)15-7-8-17-11-6-4-5-10(14)9-11;1-4-7(5-2)6-3;1-4-5-6(2)3;;/h7,10-11,14-15H,8,12-13H2,1-5H3,(H,20,21);4,7-8,11-12H,5,9-10,15H2,1-2H3;4-6,9H,7-8H2,1-3H3,(H,15,16);4-6H2,1-3H3;1,6H,5H2,2-3H3;1H4;1H. The van der Waals surface area contributed by atoms with E-state index in [1.165, 1.54) is 19.6 Å². The number of ether oxygens (including phenoxy) is 5. The lowest BCUT2D eigenvalue weighted by atomic mass is 10.1. The molecule has 406 valence electrons. The number of halogens is 2. The Bertz CT molecular complexity index is 2010. The van der Waals surface area contributed by atoms with Crippen LogP contribution in [0, 0.1) is 53.8 Å². The second-order valence-corrected chi connectivity index (χ2v) is 19.8. The van der Waals surface area contributed by atoms with E-state index in [0.717, 1.165) is 52.1 Å². The van der Waals surface area contributed by atoms with Crippen LogP contribution in [0.15, 0.2) is 77.3 Å². The van der Waals surface area contributed by atoms with Gasteiger partial charge in [0, 0.05) is 41.4 Å². The van der Waals surface area contributed by atoms with Crippen LogP contribution in [0.25, 0.3) is 0 Å². The van der Waals surface area contributed by atoms with Crippen molar-refractivity contribution in [3.05, 3.63) is 88.4 Å². The molecular weight excluding hydrogens is 992 g/mol. The highest BCUT2D eigenvalue weighted by molar-refractivity contribution is 9.10. The summed E-state index contributed by atoms with van der Waals surface area (Å²) in [5, 5.41) is 5.28. The highest BCUT2D eigenvalue weighted by atomic mass is 79.9. The quantitative estimate of drug-likeness (QED) is 0.0892. The van der Waals surface area contributed by atoms with Gasteiger partial charge in [0.25, 0.3) is 0 Å². The van der Waals surface area contributed by atoms with E-state index >= 15 is 0 Å². The van der Waals surface area contributed by atoms with Crippen molar-refractivity contribution in [2.24, 2.45) is 23.5 Å². The largest absolute Gasteiger partial charge is 0.492 e. The van der Waals surface area contributed by atoms with E-state index in [1.54, 1.807) is 0 Å². The molecule has 3 aromatic rings. The highest BCUT2D eigenvalue weighted by Crippen LogP contribution is 2.18. The number of carbonyl (C=O) groups is 2. The molecule has 0 aliphatic carbocycles. The van der Waals surface area contributed by atoms with Crippen LogP contribution in [-0.4, -0.2) is 87.4 Å². The van der Waals surface area contributed by atoms with E-state index in [0.29, 0.717) is 57.2 Å². The molecule has 0 aliphatic rings. The summed E-state index contributed by atoms with van der Waals surface area (Å²) < 4.78 is 27.7. The number of rotatable bonds is 17. The zero-order chi connectivity index (χ0) is 53.4.